The van der Waals surface area contributed by atoms with Crippen LogP contribution in [0.2, 0.25) is 0 Å². The van der Waals surface area contributed by atoms with Crippen LogP contribution in [0.15, 0.2) is 90.0 Å². The first-order valence-corrected chi connectivity index (χ1v) is 12.0. The van der Waals surface area contributed by atoms with E-state index in [1.54, 1.807) is 24.0 Å². The van der Waals surface area contributed by atoms with Crippen molar-refractivity contribution in [1.82, 2.24) is 15.1 Å². The van der Waals surface area contributed by atoms with Crippen LogP contribution in [-0.4, -0.2) is 47.9 Å². The second-order valence-electron chi connectivity index (χ2n) is 8.77. The van der Waals surface area contributed by atoms with Crippen LogP contribution in [0.3, 0.4) is 0 Å². The highest BCUT2D eigenvalue weighted by Gasteiger charge is 2.32. The number of anilines is 1. The number of carbonyl (C=O) groups excluding carboxylic acids is 2. The lowest BCUT2D eigenvalue weighted by molar-refractivity contribution is -0.125. The maximum absolute atomic E-state index is 13.4. The van der Waals surface area contributed by atoms with Crippen LogP contribution in [0.25, 0.3) is 5.69 Å². The largest absolute Gasteiger partial charge is 0.493 e. The third kappa shape index (κ3) is 4.75. The fourth-order valence-electron chi connectivity index (χ4n) is 4.37. The van der Waals surface area contributed by atoms with Crippen molar-refractivity contribution >= 4 is 17.5 Å². The summed E-state index contributed by atoms with van der Waals surface area (Å²) in [5.74, 6) is 0.740. The van der Waals surface area contributed by atoms with Crippen LogP contribution in [0.1, 0.15) is 18.9 Å². The molecule has 3 aromatic rings. The summed E-state index contributed by atoms with van der Waals surface area (Å²) in [6.07, 6.45) is 6.58. The summed E-state index contributed by atoms with van der Waals surface area (Å²) in [6, 6.07) is 16.5. The van der Waals surface area contributed by atoms with E-state index in [0.717, 1.165) is 22.6 Å². The molecular weight excluding hydrogens is 456 g/mol. The van der Waals surface area contributed by atoms with Crippen molar-refractivity contribution < 1.29 is 19.1 Å². The normalized spacial score (nSPS) is 17.5. The second kappa shape index (κ2) is 10.1. The molecule has 184 valence electrons. The van der Waals surface area contributed by atoms with Crippen LogP contribution < -0.4 is 15.0 Å². The summed E-state index contributed by atoms with van der Waals surface area (Å²) in [6.45, 7) is 2.38. The Morgan fingerprint density at radius 3 is 2.72 bits per heavy atom. The Morgan fingerprint density at radius 1 is 1.14 bits per heavy atom. The summed E-state index contributed by atoms with van der Waals surface area (Å²) >= 11 is 0. The Labute approximate surface area is 209 Å². The molecule has 5 rings (SSSR count). The minimum atomic E-state index is -0.831. The Bertz CT molecular complexity index is 1330. The highest BCUT2D eigenvalue weighted by Crippen LogP contribution is 2.33. The van der Waals surface area contributed by atoms with Gasteiger partial charge in [0.15, 0.2) is 0 Å². The quantitative estimate of drug-likeness (QED) is 0.578. The molecule has 0 aliphatic carbocycles. The molecule has 36 heavy (non-hydrogen) atoms. The minimum Gasteiger partial charge on any atom is -0.493 e. The van der Waals surface area contributed by atoms with Gasteiger partial charge in [-0.05, 0) is 47.9 Å². The van der Waals surface area contributed by atoms with Crippen molar-refractivity contribution in [3.8, 4) is 11.4 Å². The number of hydrogen-bond donors (Lipinski definition) is 1. The van der Waals surface area contributed by atoms with Crippen LogP contribution in [-0.2, 0) is 20.7 Å². The lowest BCUT2D eigenvalue weighted by Gasteiger charge is -2.24. The van der Waals surface area contributed by atoms with Gasteiger partial charge in [-0.15, -0.1) is 0 Å². The van der Waals surface area contributed by atoms with Gasteiger partial charge in [-0.2, -0.15) is 5.10 Å². The summed E-state index contributed by atoms with van der Waals surface area (Å²) in [7, 11) is 1.69. The molecule has 0 radical (unpaired) electrons. The third-order valence-electron chi connectivity index (χ3n) is 6.42. The molecule has 8 nitrogen and oxygen atoms in total. The van der Waals surface area contributed by atoms with Crippen LogP contribution >= 0.6 is 0 Å². The molecule has 8 heteroatoms. The fourth-order valence-corrected chi connectivity index (χ4v) is 4.37. The molecule has 0 saturated heterocycles. The van der Waals surface area contributed by atoms with E-state index in [2.05, 4.69) is 10.4 Å². The SMILES string of the molecule is CCC1=C(C(=O)N[C@@H]2COc3ccc(-n4cccn4)cc3N(C)C2=O)C=C(Cc2ccccc2)OC1. The number of carbonyl (C=O) groups is 2. The van der Waals surface area contributed by atoms with E-state index in [0.29, 0.717) is 36.5 Å². The molecule has 0 spiro atoms. The van der Waals surface area contributed by atoms with E-state index < -0.39 is 6.04 Å². The third-order valence-corrected chi connectivity index (χ3v) is 6.42. The molecular formula is C28H28N4O4. The average molecular weight is 485 g/mol. The molecule has 1 aromatic heterocycles. The van der Waals surface area contributed by atoms with Crippen LogP contribution in [0, 0.1) is 0 Å². The van der Waals surface area contributed by atoms with Gasteiger partial charge in [-0.1, -0.05) is 37.3 Å². The van der Waals surface area contributed by atoms with E-state index in [1.807, 2.05) is 67.7 Å². The number of likely N-dealkylation sites (N-methyl/N-ethyl adjacent to an activating group) is 1. The van der Waals surface area contributed by atoms with Gasteiger partial charge >= 0.3 is 0 Å². The molecule has 2 aliphatic rings. The molecule has 0 unspecified atom stereocenters. The predicted molar refractivity (Wildman–Crippen MR) is 136 cm³/mol. The summed E-state index contributed by atoms with van der Waals surface area (Å²) in [5.41, 5.74) is 3.97. The van der Waals surface area contributed by atoms with Gasteiger partial charge in [0.1, 0.15) is 30.8 Å². The lowest BCUT2D eigenvalue weighted by atomic mass is 10.00. The van der Waals surface area contributed by atoms with Gasteiger partial charge in [0.05, 0.1) is 11.4 Å². The number of nitrogens with one attached hydrogen (secondary N) is 1. The maximum Gasteiger partial charge on any atom is 0.252 e. The Balaban J connectivity index is 1.34. The zero-order chi connectivity index (χ0) is 25.1. The van der Waals surface area contributed by atoms with Crippen molar-refractivity contribution in [3.05, 3.63) is 95.5 Å². The van der Waals surface area contributed by atoms with E-state index >= 15 is 0 Å². The zero-order valence-electron chi connectivity index (χ0n) is 20.3. The molecule has 1 atom stereocenters. The highest BCUT2D eigenvalue weighted by atomic mass is 16.5. The Kier molecular flexibility index (Phi) is 6.58. The van der Waals surface area contributed by atoms with Crippen LogP contribution in [0.4, 0.5) is 5.69 Å². The van der Waals surface area contributed by atoms with Gasteiger partial charge in [-0.3, -0.25) is 9.59 Å². The number of ether oxygens (including phenoxy) is 2. The van der Waals surface area contributed by atoms with Gasteiger partial charge < -0.3 is 19.7 Å². The first-order valence-electron chi connectivity index (χ1n) is 12.0. The zero-order valence-corrected chi connectivity index (χ0v) is 20.3. The molecule has 3 heterocycles. The van der Waals surface area contributed by atoms with Gasteiger partial charge in [0.2, 0.25) is 0 Å². The van der Waals surface area contributed by atoms with E-state index in [-0.39, 0.29) is 18.4 Å². The first-order chi connectivity index (χ1) is 17.5. The maximum atomic E-state index is 13.4. The molecule has 0 saturated carbocycles. The number of benzene rings is 2. The molecule has 2 aliphatic heterocycles. The molecule has 0 fully saturated rings. The monoisotopic (exact) mass is 484 g/mol. The average Bonchev–Trinajstić information content (AvgIpc) is 3.42. The number of allylic oxidation sites excluding steroid dienone is 1. The number of fused-ring (bicyclic) bond motifs is 1. The second-order valence-corrected chi connectivity index (χ2v) is 8.77. The number of aromatic nitrogens is 2. The molecule has 2 amide bonds. The summed E-state index contributed by atoms with van der Waals surface area (Å²) < 4.78 is 13.6. The molecule has 2 aromatic carbocycles. The Morgan fingerprint density at radius 2 is 1.97 bits per heavy atom. The Hall–Kier alpha value is -4.33. The molecule has 0 bridgehead atoms. The van der Waals surface area contributed by atoms with Gasteiger partial charge in [0.25, 0.3) is 11.8 Å². The summed E-state index contributed by atoms with van der Waals surface area (Å²) in [4.78, 5) is 28.2. The van der Waals surface area contributed by atoms with Crippen molar-refractivity contribution in [2.24, 2.45) is 0 Å². The minimum absolute atomic E-state index is 0.0366. The lowest BCUT2D eigenvalue weighted by Crippen LogP contribution is -2.49. The fraction of sp³-hybridized carbons (Fsp3) is 0.250. The van der Waals surface area contributed by atoms with Crippen molar-refractivity contribution in [2.75, 3.05) is 25.2 Å². The van der Waals surface area contributed by atoms with Crippen LogP contribution in [0.5, 0.6) is 5.75 Å². The summed E-state index contributed by atoms with van der Waals surface area (Å²) in [5, 5.41) is 7.15. The van der Waals surface area contributed by atoms with Gasteiger partial charge in [0, 0.05) is 31.4 Å². The smallest absolute Gasteiger partial charge is 0.252 e. The predicted octanol–water partition coefficient (Wildman–Crippen LogP) is 3.58. The topological polar surface area (TPSA) is 85.7 Å². The van der Waals surface area contributed by atoms with Crippen molar-refractivity contribution in [3.63, 3.8) is 0 Å². The van der Waals surface area contributed by atoms with E-state index in [9.17, 15) is 9.59 Å². The van der Waals surface area contributed by atoms with E-state index in [1.165, 1.54) is 4.90 Å². The highest BCUT2D eigenvalue weighted by molar-refractivity contribution is 6.04. The van der Waals surface area contributed by atoms with Gasteiger partial charge in [-0.25, -0.2) is 4.68 Å². The number of nitrogens with zero attached hydrogens (tertiary/aromatic N) is 3. The van der Waals surface area contributed by atoms with Crippen molar-refractivity contribution in [2.45, 2.75) is 25.8 Å². The first kappa shape index (κ1) is 23.4. The number of rotatable bonds is 6. The molecule has 1 N–H and O–H groups in total. The van der Waals surface area contributed by atoms with E-state index in [4.69, 9.17) is 9.47 Å². The number of hydrogen-bond acceptors (Lipinski definition) is 5. The standard InChI is InChI=1S/C28H28N4O4/c1-3-20-17-35-22(14-19-8-5-4-6-9-19)16-23(20)27(33)30-24-18-36-26-11-10-21(32-13-7-12-29-32)15-25(26)31(2)28(24)34/h4-13,15-16,24H,3,14,17-18H2,1-2H3,(H,30,33)/t24-/m1/s1. The number of amides is 2. The van der Waals surface area contributed by atoms with Crippen molar-refractivity contribution in [1.29, 1.82) is 0 Å².